The molecule has 0 fully saturated rings. The highest BCUT2D eigenvalue weighted by atomic mass is 35.5. The number of nitrogens with one attached hydrogen (secondary N) is 3. The van der Waals surface area contributed by atoms with E-state index < -0.39 is 0 Å². The van der Waals surface area contributed by atoms with Crippen LogP contribution < -0.4 is 10.9 Å². The van der Waals surface area contributed by atoms with E-state index in [1.54, 1.807) is 18.2 Å². The van der Waals surface area contributed by atoms with Crippen molar-refractivity contribution >= 4 is 28.4 Å². The molecule has 0 saturated carbocycles. The molecule has 1 aromatic carbocycles. The predicted octanol–water partition coefficient (Wildman–Crippen LogP) is 2.19. The van der Waals surface area contributed by atoms with Gasteiger partial charge in [-0.2, -0.15) is 5.10 Å². The second kappa shape index (κ2) is 5.79. The number of halogens is 1. The summed E-state index contributed by atoms with van der Waals surface area (Å²) in [6, 6.07) is 8.79. The standard InChI is InChI=1S/C17H15ClN4O2/c18-11-1-3-13-9(5-11)7-15(20-13)17(24)19-12-2-4-14-10(6-12)8-16(23)22-21-14/h1,3,5,7-8,12,20H,2,4,6H2,(H,19,24)(H,22,23). The zero-order chi connectivity index (χ0) is 16.7. The first-order chi connectivity index (χ1) is 11.6. The molecular weight excluding hydrogens is 328 g/mol. The molecule has 7 heteroatoms. The summed E-state index contributed by atoms with van der Waals surface area (Å²) in [5.74, 6) is -0.159. The van der Waals surface area contributed by atoms with Gasteiger partial charge in [0.05, 0.1) is 5.69 Å². The maximum absolute atomic E-state index is 12.5. The largest absolute Gasteiger partial charge is 0.351 e. The van der Waals surface area contributed by atoms with Crippen molar-refractivity contribution in [2.45, 2.75) is 25.3 Å². The third kappa shape index (κ3) is 2.80. The first kappa shape index (κ1) is 15.0. The van der Waals surface area contributed by atoms with Gasteiger partial charge in [-0.25, -0.2) is 5.10 Å². The Morgan fingerprint density at radius 1 is 1.29 bits per heavy atom. The van der Waals surface area contributed by atoms with Crippen molar-refractivity contribution < 1.29 is 4.79 Å². The Morgan fingerprint density at radius 2 is 2.17 bits per heavy atom. The van der Waals surface area contributed by atoms with Crippen LogP contribution in [0.3, 0.4) is 0 Å². The van der Waals surface area contributed by atoms with Crippen molar-refractivity contribution in [3.63, 3.8) is 0 Å². The van der Waals surface area contributed by atoms with Gasteiger partial charge in [-0.15, -0.1) is 0 Å². The van der Waals surface area contributed by atoms with Gasteiger partial charge in [0.2, 0.25) is 0 Å². The summed E-state index contributed by atoms with van der Waals surface area (Å²) in [7, 11) is 0. The lowest BCUT2D eigenvalue weighted by atomic mass is 9.92. The van der Waals surface area contributed by atoms with E-state index in [-0.39, 0.29) is 17.5 Å². The van der Waals surface area contributed by atoms with Crippen LogP contribution in [0.25, 0.3) is 10.9 Å². The highest BCUT2D eigenvalue weighted by molar-refractivity contribution is 6.31. The molecule has 0 radical (unpaired) electrons. The Kier molecular flexibility index (Phi) is 3.61. The number of H-pyrrole nitrogens is 2. The number of hydrogen-bond donors (Lipinski definition) is 3. The minimum Gasteiger partial charge on any atom is -0.351 e. The number of amides is 1. The second-order valence-corrected chi connectivity index (χ2v) is 6.47. The molecule has 3 aromatic rings. The highest BCUT2D eigenvalue weighted by Gasteiger charge is 2.22. The van der Waals surface area contributed by atoms with Gasteiger partial charge in [0.15, 0.2) is 0 Å². The lowest BCUT2D eigenvalue weighted by Crippen LogP contribution is -2.39. The van der Waals surface area contributed by atoms with Crippen LogP contribution in [0.15, 0.2) is 35.1 Å². The van der Waals surface area contributed by atoms with Crippen molar-refractivity contribution in [3.05, 3.63) is 62.7 Å². The zero-order valence-electron chi connectivity index (χ0n) is 12.7. The van der Waals surface area contributed by atoms with E-state index in [0.29, 0.717) is 17.1 Å². The molecule has 6 nitrogen and oxygen atoms in total. The zero-order valence-corrected chi connectivity index (χ0v) is 13.5. The molecule has 0 spiro atoms. The fraction of sp³-hybridized carbons (Fsp3) is 0.235. The van der Waals surface area contributed by atoms with Crippen LogP contribution in [0.4, 0.5) is 0 Å². The normalized spacial score (nSPS) is 16.8. The molecule has 2 heterocycles. The summed E-state index contributed by atoms with van der Waals surface area (Å²) >= 11 is 5.98. The summed E-state index contributed by atoms with van der Waals surface area (Å²) in [6.45, 7) is 0. The molecule has 0 bridgehead atoms. The van der Waals surface area contributed by atoms with E-state index in [1.165, 1.54) is 0 Å². The SMILES string of the molecule is O=C(NC1CCc2n[nH]c(=O)cc2C1)c1cc2cc(Cl)ccc2[nH]1. The third-order valence-electron chi connectivity index (χ3n) is 4.34. The topological polar surface area (TPSA) is 90.6 Å². The molecule has 4 rings (SSSR count). The Labute approximate surface area is 142 Å². The number of benzene rings is 1. The number of hydrogen-bond acceptors (Lipinski definition) is 3. The van der Waals surface area contributed by atoms with Crippen LogP contribution in [-0.2, 0) is 12.8 Å². The molecule has 1 unspecified atom stereocenters. The maximum atomic E-state index is 12.5. The average molecular weight is 343 g/mol. The highest BCUT2D eigenvalue weighted by Crippen LogP contribution is 2.21. The number of nitrogens with zero attached hydrogens (tertiary/aromatic N) is 1. The molecule has 0 saturated heterocycles. The molecule has 2 aromatic heterocycles. The van der Waals surface area contributed by atoms with Crippen molar-refractivity contribution in [1.82, 2.24) is 20.5 Å². The molecule has 24 heavy (non-hydrogen) atoms. The summed E-state index contributed by atoms with van der Waals surface area (Å²) in [6.07, 6.45) is 2.15. The number of carbonyl (C=O) groups is 1. The van der Waals surface area contributed by atoms with E-state index in [0.717, 1.165) is 35.0 Å². The van der Waals surface area contributed by atoms with Crippen LogP contribution in [0.5, 0.6) is 0 Å². The van der Waals surface area contributed by atoms with Crippen molar-refractivity contribution in [3.8, 4) is 0 Å². The lowest BCUT2D eigenvalue weighted by molar-refractivity contribution is 0.0929. The average Bonchev–Trinajstić information content (AvgIpc) is 2.97. The number of rotatable bonds is 2. The van der Waals surface area contributed by atoms with Gasteiger partial charge < -0.3 is 10.3 Å². The molecule has 1 aliphatic carbocycles. The summed E-state index contributed by atoms with van der Waals surface area (Å²) in [4.78, 5) is 27.0. The Bertz CT molecular complexity index is 992. The maximum Gasteiger partial charge on any atom is 0.267 e. The molecule has 1 aliphatic rings. The van der Waals surface area contributed by atoms with E-state index in [9.17, 15) is 9.59 Å². The number of aromatic nitrogens is 3. The summed E-state index contributed by atoms with van der Waals surface area (Å²) < 4.78 is 0. The molecule has 122 valence electrons. The van der Waals surface area contributed by atoms with Gasteiger partial charge in [-0.3, -0.25) is 9.59 Å². The van der Waals surface area contributed by atoms with Gasteiger partial charge in [0, 0.05) is 28.0 Å². The minimum absolute atomic E-state index is 0.0106. The number of aromatic amines is 2. The fourth-order valence-electron chi connectivity index (χ4n) is 3.15. The van der Waals surface area contributed by atoms with Crippen LogP contribution in [-0.4, -0.2) is 27.1 Å². The van der Waals surface area contributed by atoms with Gasteiger partial charge in [0.1, 0.15) is 5.69 Å². The van der Waals surface area contributed by atoms with Gasteiger partial charge in [-0.1, -0.05) is 11.6 Å². The van der Waals surface area contributed by atoms with E-state index in [1.807, 2.05) is 12.1 Å². The molecule has 1 amide bonds. The van der Waals surface area contributed by atoms with Crippen LogP contribution in [0, 0.1) is 0 Å². The molecular formula is C17H15ClN4O2. The van der Waals surface area contributed by atoms with Crippen LogP contribution in [0.2, 0.25) is 5.02 Å². The third-order valence-corrected chi connectivity index (χ3v) is 4.57. The Balaban J connectivity index is 1.52. The van der Waals surface area contributed by atoms with E-state index in [2.05, 4.69) is 20.5 Å². The predicted molar refractivity (Wildman–Crippen MR) is 91.4 cm³/mol. The van der Waals surface area contributed by atoms with E-state index in [4.69, 9.17) is 11.6 Å². The number of carbonyl (C=O) groups excluding carboxylic acids is 1. The summed E-state index contributed by atoms with van der Waals surface area (Å²) in [5, 5.41) is 11.1. The summed E-state index contributed by atoms with van der Waals surface area (Å²) in [5.41, 5.74) is 2.96. The van der Waals surface area contributed by atoms with Crippen molar-refractivity contribution in [2.24, 2.45) is 0 Å². The quantitative estimate of drug-likeness (QED) is 0.666. The fourth-order valence-corrected chi connectivity index (χ4v) is 3.33. The van der Waals surface area contributed by atoms with E-state index >= 15 is 0 Å². The van der Waals surface area contributed by atoms with Crippen LogP contribution in [0.1, 0.15) is 28.2 Å². The van der Waals surface area contributed by atoms with Crippen molar-refractivity contribution in [2.75, 3.05) is 0 Å². The molecule has 3 N–H and O–H groups in total. The minimum atomic E-state index is -0.215. The lowest BCUT2D eigenvalue weighted by Gasteiger charge is -2.24. The van der Waals surface area contributed by atoms with Crippen molar-refractivity contribution in [1.29, 1.82) is 0 Å². The number of aryl methyl sites for hydroxylation is 1. The monoisotopic (exact) mass is 342 g/mol. The van der Waals surface area contributed by atoms with Gasteiger partial charge >= 0.3 is 0 Å². The molecule has 0 aliphatic heterocycles. The van der Waals surface area contributed by atoms with Crippen LogP contribution >= 0.6 is 11.6 Å². The number of fused-ring (bicyclic) bond motifs is 2. The molecule has 1 atom stereocenters. The first-order valence-electron chi connectivity index (χ1n) is 7.75. The Hall–Kier alpha value is -2.60. The van der Waals surface area contributed by atoms with Gasteiger partial charge in [0.25, 0.3) is 11.5 Å². The first-order valence-corrected chi connectivity index (χ1v) is 8.13. The smallest absolute Gasteiger partial charge is 0.267 e. The van der Waals surface area contributed by atoms with Gasteiger partial charge in [-0.05, 0) is 49.1 Å². The Morgan fingerprint density at radius 3 is 3.04 bits per heavy atom. The second-order valence-electron chi connectivity index (χ2n) is 6.03.